The van der Waals surface area contributed by atoms with Gasteiger partial charge in [0.15, 0.2) is 0 Å². The number of hydrogen-bond donors (Lipinski definition) is 1. The first-order valence-corrected chi connectivity index (χ1v) is 9.61. The second-order valence-corrected chi connectivity index (χ2v) is 6.97. The largest absolute Gasteiger partial charge is 0.320 e. The maximum absolute atomic E-state index is 14.1. The van der Waals surface area contributed by atoms with Crippen molar-refractivity contribution in [2.75, 3.05) is 5.32 Å². The molecule has 0 atom stereocenters. The molecule has 0 saturated heterocycles. The number of anilines is 1. The molecule has 5 rings (SSSR count). The van der Waals surface area contributed by atoms with Gasteiger partial charge in [0.05, 0.1) is 40.4 Å². The van der Waals surface area contributed by atoms with E-state index in [9.17, 15) is 9.18 Å². The summed E-state index contributed by atoms with van der Waals surface area (Å²) >= 11 is 0. The van der Waals surface area contributed by atoms with Crippen molar-refractivity contribution in [1.82, 2.24) is 24.3 Å². The molecular formula is C23H17FN6O. The number of imidazole rings is 1. The van der Waals surface area contributed by atoms with Crippen LogP contribution in [0.15, 0.2) is 79.4 Å². The zero-order valence-electron chi connectivity index (χ0n) is 16.5. The third-order valence-corrected chi connectivity index (χ3v) is 5.04. The molecule has 152 valence electrons. The molecule has 8 heteroatoms. The molecule has 3 heterocycles. The lowest BCUT2D eigenvalue weighted by atomic mass is 10.2. The minimum Gasteiger partial charge on any atom is -0.320 e. The van der Waals surface area contributed by atoms with Crippen LogP contribution in [0.5, 0.6) is 0 Å². The van der Waals surface area contributed by atoms with E-state index in [-0.39, 0.29) is 11.6 Å². The third kappa shape index (κ3) is 3.33. The van der Waals surface area contributed by atoms with E-state index >= 15 is 0 Å². The van der Waals surface area contributed by atoms with Crippen LogP contribution >= 0.6 is 0 Å². The van der Waals surface area contributed by atoms with Gasteiger partial charge in [0, 0.05) is 0 Å². The number of halogens is 1. The maximum Gasteiger partial charge on any atom is 0.259 e. The monoisotopic (exact) mass is 412 g/mol. The van der Waals surface area contributed by atoms with E-state index in [1.807, 2.05) is 28.8 Å². The molecule has 0 fully saturated rings. The number of carbonyl (C=O) groups excluding carboxylic acids is 1. The van der Waals surface area contributed by atoms with E-state index in [0.29, 0.717) is 22.8 Å². The van der Waals surface area contributed by atoms with Crippen LogP contribution in [-0.4, -0.2) is 30.2 Å². The van der Waals surface area contributed by atoms with E-state index in [1.165, 1.54) is 16.9 Å². The van der Waals surface area contributed by atoms with Gasteiger partial charge in [-0.2, -0.15) is 5.10 Å². The second kappa shape index (κ2) is 7.49. The molecule has 0 unspecified atom stereocenters. The Morgan fingerprint density at radius 1 is 0.968 bits per heavy atom. The van der Waals surface area contributed by atoms with Gasteiger partial charge in [-0.05, 0) is 43.3 Å². The molecular weight excluding hydrogens is 395 g/mol. The normalized spacial score (nSPS) is 11.0. The number of carbonyl (C=O) groups is 1. The predicted molar refractivity (Wildman–Crippen MR) is 115 cm³/mol. The fourth-order valence-corrected chi connectivity index (χ4v) is 3.44. The molecule has 2 aromatic carbocycles. The molecule has 3 aromatic heterocycles. The summed E-state index contributed by atoms with van der Waals surface area (Å²) in [4.78, 5) is 21.6. The van der Waals surface area contributed by atoms with Gasteiger partial charge in [-0.25, -0.2) is 19.0 Å². The van der Waals surface area contributed by atoms with Gasteiger partial charge in [0.1, 0.15) is 23.6 Å². The highest BCUT2D eigenvalue weighted by Crippen LogP contribution is 2.20. The number of amides is 1. The topological polar surface area (TPSA) is 77.6 Å². The van der Waals surface area contributed by atoms with Crippen molar-refractivity contribution in [3.8, 4) is 11.5 Å². The summed E-state index contributed by atoms with van der Waals surface area (Å²) in [5, 5.41) is 6.99. The fourth-order valence-electron chi connectivity index (χ4n) is 3.44. The number of fused-ring (bicyclic) bond motifs is 1. The molecule has 0 bridgehead atoms. The van der Waals surface area contributed by atoms with E-state index in [2.05, 4.69) is 20.4 Å². The third-order valence-electron chi connectivity index (χ3n) is 5.04. The molecule has 0 aliphatic rings. The predicted octanol–water partition coefficient (Wildman–Crippen LogP) is 4.31. The van der Waals surface area contributed by atoms with E-state index in [1.54, 1.807) is 49.8 Å². The van der Waals surface area contributed by atoms with Crippen LogP contribution in [0.3, 0.4) is 0 Å². The highest BCUT2D eigenvalue weighted by Gasteiger charge is 2.17. The van der Waals surface area contributed by atoms with E-state index in [4.69, 9.17) is 0 Å². The zero-order valence-corrected chi connectivity index (χ0v) is 16.5. The molecule has 1 amide bonds. The van der Waals surface area contributed by atoms with E-state index in [0.717, 1.165) is 11.0 Å². The number of hydrogen-bond acceptors (Lipinski definition) is 4. The molecule has 5 aromatic rings. The van der Waals surface area contributed by atoms with Crippen molar-refractivity contribution in [3.05, 3.63) is 96.5 Å². The van der Waals surface area contributed by atoms with Crippen molar-refractivity contribution >= 4 is 22.6 Å². The minimum atomic E-state index is -0.410. The van der Waals surface area contributed by atoms with Crippen LogP contribution in [0.25, 0.3) is 22.5 Å². The molecule has 0 aliphatic carbocycles. The molecule has 0 spiro atoms. The van der Waals surface area contributed by atoms with Gasteiger partial charge in [-0.3, -0.25) is 9.36 Å². The smallest absolute Gasteiger partial charge is 0.259 e. The lowest BCUT2D eigenvalue weighted by Gasteiger charge is -2.08. The maximum atomic E-state index is 14.1. The Kier molecular flexibility index (Phi) is 4.51. The minimum absolute atomic E-state index is 0.289. The summed E-state index contributed by atoms with van der Waals surface area (Å²) in [6, 6.07) is 17.6. The summed E-state index contributed by atoms with van der Waals surface area (Å²) in [5.41, 5.74) is 3.55. The average molecular weight is 412 g/mol. The summed E-state index contributed by atoms with van der Waals surface area (Å²) in [6.07, 6.45) is 4.72. The van der Waals surface area contributed by atoms with Gasteiger partial charge in [-0.15, -0.1) is 0 Å². The summed E-state index contributed by atoms with van der Waals surface area (Å²) < 4.78 is 17.4. The molecule has 7 nitrogen and oxygen atoms in total. The number of para-hydroxylation sites is 3. The fraction of sp³-hybridized carbons (Fsp3) is 0.0435. The van der Waals surface area contributed by atoms with Gasteiger partial charge in [-0.1, -0.05) is 24.3 Å². The van der Waals surface area contributed by atoms with Crippen molar-refractivity contribution in [3.63, 3.8) is 0 Å². The SMILES string of the molecule is Cc1c(C(=O)Nc2ccc(-n3cnc4ccccc43)nc2)cnn1-c1ccccc1F. The first kappa shape index (κ1) is 18.7. The Balaban J connectivity index is 1.37. The van der Waals surface area contributed by atoms with E-state index < -0.39 is 5.82 Å². The first-order chi connectivity index (χ1) is 15.1. The van der Waals surface area contributed by atoms with Crippen molar-refractivity contribution in [2.24, 2.45) is 0 Å². The molecule has 1 N–H and O–H groups in total. The molecule has 0 saturated carbocycles. The summed E-state index contributed by atoms with van der Waals surface area (Å²) in [6.45, 7) is 1.72. The van der Waals surface area contributed by atoms with Crippen LogP contribution in [0.4, 0.5) is 10.1 Å². The Morgan fingerprint density at radius 2 is 1.77 bits per heavy atom. The number of pyridine rings is 1. The van der Waals surface area contributed by atoms with Gasteiger partial charge >= 0.3 is 0 Å². The van der Waals surface area contributed by atoms with Crippen molar-refractivity contribution in [1.29, 1.82) is 0 Å². The van der Waals surface area contributed by atoms with Crippen LogP contribution in [0, 0.1) is 12.7 Å². The lowest BCUT2D eigenvalue weighted by molar-refractivity contribution is 0.102. The summed E-state index contributed by atoms with van der Waals surface area (Å²) in [7, 11) is 0. The standard InChI is InChI=1S/C23H17FN6O/c1-15-17(13-27-30(15)20-8-4-2-6-18(20)24)23(31)28-16-10-11-22(25-12-16)29-14-26-19-7-3-5-9-21(19)29/h2-14H,1H3,(H,28,31). The van der Waals surface area contributed by atoms with Crippen LogP contribution in [-0.2, 0) is 0 Å². The number of benzene rings is 2. The Labute approximate surface area is 176 Å². The summed E-state index contributed by atoms with van der Waals surface area (Å²) in [5.74, 6) is -0.0644. The molecule has 0 radical (unpaired) electrons. The van der Waals surface area contributed by atoms with Gasteiger partial charge in [0.2, 0.25) is 0 Å². The van der Waals surface area contributed by atoms with Gasteiger partial charge in [0.25, 0.3) is 5.91 Å². The number of rotatable bonds is 4. The Bertz CT molecular complexity index is 1400. The number of aromatic nitrogens is 5. The first-order valence-electron chi connectivity index (χ1n) is 9.61. The molecule has 31 heavy (non-hydrogen) atoms. The highest BCUT2D eigenvalue weighted by molar-refractivity contribution is 6.04. The average Bonchev–Trinajstić information content (AvgIpc) is 3.38. The number of nitrogens with one attached hydrogen (secondary N) is 1. The quantitative estimate of drug-likeness (QED) is 0.477. The number of nitrogens with zero attached hydrogens (tertiary/aromatic N) is 5. The Morgan fingerprint density at radius 3 is 2.58 bits per heavy atom. The highest BCUT2D eigenvalue weighted by atomic mass is 19.1. The second-order valence-electron chi connectivity index (χ2n) is 6.97. The van der Waals surface area contributed by atoms with Crippen LogP contribution in [0.2, 0.25) is 0 Å². The molecule has 0 aliphatic heterocycles. The zero-order chi connectivity index (χ0) is 21.4. The van der Waals surface area contributed by atoms with Crippen molar-refractivity contribution < 1.29 is 9.18 Å². The van der Waals surface area contributed by atoms with Crippen LogP contribution < -0.4 is 5.32 Å². The Hall–Kier alpha value is -4.33. The van der Waals surface area contributed by atoms with Crippen LogP contribution in [0.1, 0.15) is 16.1 Å². The van der Waals surface area contributed by atoms with Crippen molar-refractivity contribution in [2.45, 2.75) is 6.92 Å². The lowest BCUT2D eigenvalue weighted by Crippen LogP contribution is -2.13. The van der Waals surface area contributed by atoms with Gasteiger partial charge < -0.3 is 5.32 Å².